The largest absolute Gasteiger partial charge is 0.480 e. The molecule has 1 aromatic heterocycles. The fourth-order valence-electron chi connectivity index (χ4n) is 3.84. The maximum absolute atomic E-state index is 12.8. The molecule has 0 bridgehead atoms. The highest BCUT2D eigenvalue weighted by Crippen LogP contribution is 2.43. The predicted molar refractivity (Wildman–Crippen MR) is 78.8 cm³/mol. The Morgan fingerprint density at radius 3 is 2.82 bits per heavy atom. The van der Waals surface area contributed by atoms with Crippen LogP contribution >= 0.6 is 0 Å². The second-order valence-electron chi connectivity index (χ2n) is 6.10. The third-order valence-electron chi connectivity index (χ3n) is 4.83. The van der Waals surface area contributed by atoms with Crippen molar-refractivity contribution in [1.29, 1.82) is 0 Å². The van der Waals surface area contributed by atoms with Crippen LogP contribution in [0.5, 0.6) is 5.88 Å². The number of aliphatic carboxylic acids is 1. The standard InChI is InChI=1S/C16H20N2O4/c1-9-6-7-12(14(17-9)22-2)15(19)18-8-10-4-3-5-11(10)13(18)16(20)21/h6-7,10-11,13H,3-5,8H2,1-2H3,(H,20,21)/t10-,11+,13-/m0/s1. The van der Waals surface area contributed by atoms with Crippen LogP contribution in [0.3, 0.4) is 0 Å². The van der Waals surface area contributed by atoms with Crippen LogP contribution in [-0.2, 0) is 4.79 Å². The van der Waals surface area contributed by atoms with Crippen LogP contribution in [-0.4, -0.2) is 46.6 Å². The first-order valence-corrected chi connectivity index (χ1v) is 7.58. The number of methoxy groups -OCH3 is 1. The summed E-state index contributed by atoms with van der Waals surface area (Å²) in [6.07, 6.45) is 2.94. The molecule has 2 fully saturated rings. The van der Waals surface area contributed by atoms with Gasteiger partial charge in [-0.1, -0.05) is 6.42 Å². The molecule has 2 aliphatic rings. The molecule has 0 aromatic carbocycles. The van der Waals surface area contributed by atoms with Gasteiger partial charge in [0.2, 0.25) is 5.88 Å². The molecule has 3 rings (SSSR count). The number of aryl methyl sites for hydroxylation is 1. The maximum atomic E-state index is 12.8. The summed E-state index contributed by atoms with van der Waals surface area (Å²) in [6, 6.07) is 2.67. The number of pyridine rings is 1. The van der Waals surface area contributed by atoms with Gasteiger partial charge in [0, 0.05) is 12.2 Å². The summed E-state index contributed by atoms with van der Waals surface area (Å²) in [5.41, 5.74) is 1.08. The van der Waals surface area contributed by atoms with E-state index in [1.54, 1.807) is 12.1 Å². The molecule has 0 spiro atoms. The lowest BCUT2D eigenvalue weighted by Gasteiger charge is -2.25. The summed E-state index contributed by atoms with van der Waals surface area (Å²) in [6.45, 7) is 2.33. The Morgan fingerprint density at radius 2 is 2.14 bits per heavy atom. The smallest absolute Gasteiger partial charge is 0.326 e. The predicted octanol–water partition coefficient (Wildman–Crippen LogP) is 1.72. The molecule has 1 saturated carbocycles. The zero-order valence-electron chi connectivity index (χ0n) is 12.8. The topological polar surface area (TPSA) is 79.7 Å². The number of nitrogens with zero attached hydrogens (tertiary/aromatic N) is 2. The molecule has 1 saturated heterocycles. The highest BCUT2D eigenvalue weighted by atomic mass is 16.5. The Hall–Kier alpha value is -2.11. The molecule has 1 aromatic rings. The minimum atomic E-state index is -0.915. The Bertz CT molecular complexity index is 616. The first-order valence-electron chi connectivity index (χ1n) is 7.58. The van der Waals surface area contributed by atoms with E-state index in [4.69, 9.17) is 4.74 Å². The second kappa shape index (κ2) is 5.59. The van der Waals surface area contributed by atoms with Crippen molar-refractivity contribution >= 4 is 11.9 Å². The van der Waals surface area contributed by atoms with Gasteiger partial charge in [0.25, 0.3) is 5.91 Å². The summed E-state index contributed by atoms with van der Waals surface area (Å²) in [5.74, 6) is -0.584. The first-order chi connectivity index (χ1) is 10.5. The van der Waals surface area contributed by atoms with E-state index >= 15 is 0 Å². The van der Waals surface area contributed by atoms with E-state index in [9.17, 15) is 14.7 Å². The fraction of sp³-hybridized carbons (Fsp3) is 0.562. The molecule has 118 valence electrons. The summed E-state index contributed by atoms with van der Waals surface area (Å²) in [5, 5.41) is 9.56. The van der Waals surface area contributed by atoms with E-state index in [1.807, 2.05) is 6.92 Å². The molecule has 0 radical (unpaired) electrons. The highest BCUT2D eigenvalue weighted by molar-refractivity contribution is 5.99. The molecule has 22 heavy (non-hydrogen) atoms. The van der Waals surface area contributed by atoms with Crippen molar-refractivity contribution in [1.82, 2.24) is 9.88 Å². The van der Waals surface area contributed by atoms with Gasteiger partial charge in [-0.05, 0) is 43.7 Å². The Balaban J connectivity index is 1.93. The third-order valence-corrected chi connectivity index (χ3v) is 4.83. The van der Waals surface area contributed by atoms with Crippen molar-refractivity contribution in [3.05, 3.63) is 23.4 Å². The van der Waals surface area contributed by atoms with Gasteiger partial charge in [0.05, 0.1) is 7.11 Å². The van der Waals surface area contributed by atoms with Crippen LogP contribution < -0.4 is 4.74 Å². The van der Waals surface area contributed by atoms with Crippen molar-refractivity contribution in [3.63, 3.8) is 0 Å². The maximum Gasteiger partial charge on any atom is 0.326 e. The molecule has 1 amide bonds. The second-order valence-corrected chi connectivity index (χ2v) is 6.10. The lowest BCUT2D eigenvalue weighted by molar-refractivity contribution is -0.142. The minimum absolute atomic E-state index is 0.0749. The van der Waals surface area contributed by atoms with Crippen molar-refractivity contribution < 1.29 is 19.4 Å². The Kier molecular flexibility index (Phi) is 3.76. The molecular formula is C16H20N2O4. The van der Waals surface area contributed by atoms with E-state index in [-0.39, 0.29) is 17.7 Å². The first kappa shape index (κ1) is 14.8. The summed E-state index contributed by atoms with van der Waals surface area (Å²) in [7, 11) is 1.46. The molecule has 1 aliphatic heterocycles. The number of rotatable bonds is 3. The number of carboxylic acid groups (broad SMARTS) is 1. The fourth-order valence-corrected chi connectivity index (χ4v) is 3.84. The van der Waals surface area contributed by atoms with Gasteiger partial charge in [0.1, 0.15) is 11.6 Å². The number of carboxylic acids is 1. The number of fused-ring (bicyclic) bond motifs is 1. The van der Waals surface area contributed by atoms with Gasteiger partial charge >= 0.3 is 5.97 Å². The minimum Gasteiger partial charge on any atom is -0.480 e. The molecule has 1 N–H and O–H groups in total. The molecule has 0 unspecified atom stereocenters. The molecule has 6 nitrogen and oxygen atoms in total. The number of carbonyl (C=O) groups is 2. The van der Waals surface area contributed by atoms with Gasteiger partial charge in [-0.3, -0.25) is 4.79 Å². The summed E-state index contributed by atoms with van der Waals surface area (Å²) >= 11 is 0. The van der Waals surface area contributed by atoms with Gasteiger partial charge in [-0.25, -0.2) is 9.78 Å². The van der Waals surface area contributed by atoms with Crippen LogP contribution in [0.4, 0.5) is 0 Å². The Labute approximate surface area is 129 Å². The lowest BCUT2D eigenvalue weighted by atomic mass is 9.94. The van der Waals surface area contributed by atoms with Crippen LogP contribution in [0, 0.1) is 18.8 Å². The number of aromatic nitrogens is 1. The third kappa shape index (κ3) is 2.32. The highest BCUT2D eigenvalue weighted by Gasteiger charge is 2.49. The number of hydrogen-bond donors (Lipinski definition) is 1. The SMILES string of the molecule is COc1nc(C)ccc1C(=O)N1C[C@@H]2CCC[C@H]2[C@H]1C(=O)O. The Morgan fingerprint density at radius 1 is 1.36 bits per heavy atom. The summed E-state index contributed by atoms with van der Waals surface area (Å²) < 4.78 is 5.19. The molecule has 2 heterocycles. The van der Waals surface area contributed by atoms with E-state index in [0.29, 0.717) is 18.0 Å². The molecule has 3 atom stereocenters. The number of carbonyl (C=O) groups excluding carboxylic acids is 1. The quantitative estimate of drug-likeness (QED) is 0.920. The monoisotopic (exact) mass is 304 g/mol. The van der Waals surface area contributed by atoms with E-state index in [2.05, 4.69) is 4.98 Å². The lowest BCUT2D eigenvalue weighted by Crippen LogP contribution is -2.43. The zero-order valence-corrected chi connectivity index (χ0v) is 12.8. The molecular weight excluding hydrogens is 284 g/mol. The zero-order chi connectivity index (χ0) is 15.9. The summed E-state index contributed by atoms with van der Waals surface area (Å²) in [4.78, 5) is 30.2. The average molecular weight is 304 g/mol. The van der Waals surface area contributed by atoms with Gasteiger partial charge in [-0.15, -0.1) is 0 Å². The van der Waals surface area contributed by atoms with Crippen LogP contribution in [0.1, 0.15) is 35.3 Å². The number of likely N-dealkylation sites (tertiary alicyclic amines) is 1. The van der Waals surface area contributed by atoms with Gasteiger partial charge in [0.15, 0.2) is 0 Å². The van der Waals surface area contributed by atoms with Crippen molar-refractivity contribution in [2.24, 2.45) is 11.8 Å². The van der Waals surface area contributed by atoms with Crippen LogP contribution in [0.25, 0.3) is 0 Å². The number of amides is 1. The van der Waals surface area contributed by atoms with E-state index < -0.39 is 12.0 Å². The molecule has 6 heteroatoms. The van der Waals surface area contributed by atoms with Gasteiger partial charge < -0.3 is 14.7 Å². The van der Waals surface area contributed by atoms with Crippen molar-refractivity contribution in [3.8, 4) is 5.88 Å². The van der Waals surface area contributed by atoms with E-state index in [0.717, 1.165) is 25.0 Å². The van der Waals surface area contributed by atoms with Crippen LogP contribution in [0.15, 0.2) is 12.1 Å². The average Bonchev–Trinajstić information content (AvgIpc) is 3.06. The van der Waals surface area contributed by atoms with Crippen LogP contribution in [0.2, 0.25) is 0 Å². The van der Waals surface area contributed by atoms with E-state index in [1.165, 1.54) is 12.0 Å². The van der Waals surface area contributed by atoms with Gasteiger partial charge in [-0.2, -0.15) is 0 Å². The van der Waals surface area contributed by atoms with Crippen molar-refractivity contribution in [2.45, 2.75) is 32.2 Å². The molecule has 1 aliphatic carbocycles. The van der Waals surface area contributed by atoms with Crippen molar-refractivity contribution in [2.75, 3.05) is 13.7 Å². The number of hydrogen-bond acceptors (Lipinski definition) is 4. The normalized spacial score (nSPS) is 26.8. The number of ether oxygens (including phenoxy) is 1.